The predicted octanol–water partition coefficient (Wildman–Crippen LogP) is -0.582. The first-order chi connectivity index (χ1) is 8.13. The molecular weight excluding hydrogens is 224 g/mol. The van der Waals surface area contributed by atoms with E-state index in [2.05, 4.69) is 9.97 Å². The van der Waals surface area contributed by atoms with Crippen molar-refractivity contribution in [3.8, 4) is 0 Å². The number of nitrogens with zero attached hydrogens (tertiary/aromatic N) is 3. The average Bonchev–Trinajstić information content (AvgIpc) is 2.74. The van der Waals surface area contributed by atoms with Crippen LogP contribution in [0.4, 0.5) is 0 Å². The van der Waals surface area contributed by atoms with Gasteiger partial charge in [0.15, 0.2) is 5.65 Å². The zero-order valence-corrected chi connectivity index (χ0v) is 9.73. The van der Waals surface area contributed by atoms with Crippen molar-refractivity contribution in [2.24, 2.45) is 0 Å². The smallest absolute Gasteiger partial charge is 0.332 e. The summed E-state index contributed by atoms with van der Waals surface area (Å²) in [7, 11) is 0. The van der Waals surface area contributed by atoms with E-state index in [0.717, 1.165) is 4.57 Å². The summed E-state index contributed by atoms with van der Waals surface area (Å²) in [6.45, 7) is 3.97. The van der Waals surface area contributed by atoms with E-state index in [4.69, 9.17) is 5.11 Å². The van der Waals surface area contributed by atoms with Gasteiger partial charge in [0.1, 0.15) is 17.9 Å². The molecule has 0 amide bonds. The fourth-order valence-corrected chi connectivity index (χ4v) is 1.85. The summed E-state index contributed by atoms with van der Waals surface area (Å²) in [5, 5.41) is 9.00. The standard InChI is InChI=1S/C10H14N4O3/c1-3-13-8-7(11-6(5-15)12-8)9(16)14(4-2)10(13)17/h15H,3-5H2,1-2H3,(H,11,12). The van der Waals surface area contributed by atoms with Crippen molar-refractivity contribution in [1.29, 1.82) is 0 Å². The van der Waals surface area contributed by atoms with Gasteiger partial charge in [0.05, 0.1) is 0 Å². The number of aromatic amines is 1. The first kappa shape index (κ1) is 11.6. The fourth-order valence-electron chi connectivity index (χ4n) is 1.85. The highest BCUT2D eigenvalue weighted by Crippen LogP contribution is 2.05. The number of nitrogens with one attached hydrogen (secondary N) is 1. The van der Waals surface area contributed by atoms with Gasteiger partial charge in [-0.15, -0.1) is 0 Å². The van der Waals surface area contributed by atoms with Crippen LogP contribution in [0.25, 0.3) is 11.2 Å². The SMILES string of the molecule is CCn1c(=O)c2[nH]c(CO)nc2n(CC)c1=O. The van der Waals surface area contributed by atoms with Crippen LogP contribution in [0.15, 0.2) is 9.59 Å². The lowest BCUT2D eigenvalue weighted by Gasteiger charge is -2.06. The Balaban J connectivity index is 2.98. The number of rotatable bonds is 3. The molecule has 0 radical (unpaired) electrons. The van der Waals surface area contributed by atoms with Crippen LogP contribution < -0.4 is 11.2 Å². The zero-order chi connectivity index (χ0) is 12.6. The van der Waals surface area contributed by atoms with E-state index in [-0.39, 0.29) is 23.6 Å². The number of aliphatic hydroxyl groups excluding tert-OH is 1. The first-order valence-corrected chi connectivity index (χ1v) is 5.47. The number of aryl methyl sites for hydroxylation is 1. The molecule has 2 rings (SSSR count). The second kappa shape index (κ2) is 4.17. The molecule has 0 bridgehead atoms. The molecule has 0 saturated heterocycles. The Hall–Kier alpha value is -1.89. The number of aliphatic hydroxyl groups is 1. The molecule has 92 valence electrons. The minimum atomic E-state index is -0.399. The van der Waals surface area contributed by atoms with Crippen molar-refractivity contribution in [3.05, 3.63) is 26.7 Å². The molecule has 0 spiro atoms. The number of fused-ring (bicyclic) bond motifs is 1. The third kappa shape index (κ3) is 1.59. The molecule has 0 fully saturated rings. The number of imidazole rings is 1. The highest BCUT2D eigenvalue weighted by molar-refractivity contribution is 5.69. The van der Waals surface area contributed by atoms with Crippen LogP contribution in [0.3, 0.4) is 0 Å². The first-order valence-electron chi connectivity index (χ1n) is 5.47. The molecule has 2 aromatic rings. The van der Waals surface area contributed by atoms with Crippen LogP contribution in [0.1, 0.15) is 19.7 Å². The molecule has 0 aliphatic heterocycles. The Kier molecular flexibility index (Phi) is 2.84. The van der Waals surface area contributed by atoms with E-state index in [1.165, 1.54) is 4.57 Å². The summed E-state index contributed by atoms with van der Waals surface area (Å²) in [5.74, 6) is 0.285. The van der Waals surface area contributed by atoms with Gasteiger partial charge >= 0.3 is 5.69 Å². The van der Waals surface area contributed by atoms with E-state index in [0.29, 0.717) is 18.7 Å². The van der Waals surface area contributed by atoms with Gasteiger partial charge in [-0.25, -0.2) is 9.78 Å². The minimum Gasteiger partial charge on any atom is -0.388 e. The molecule has 17 heavy (non-hydrogen) atoms. The van der Waals surface area contributed by atoms with Gasteiger partial charge in [-0.1, -0.05) is 0 Å². The highest BCUT2D eigenvalue weighted by Gasteiger charge is 2.14. The molecule has 0 aromatic carbocycles. The summed E-state index contributed by atoms with van der Waals surface area (Å²) in [5.41, 5.74) is -0.207. The largest absolute Gasteiger partial charge is 0.388 e. The second-order valence-corrected chi connectivity index (χ2v) is 3.62. The molecule has 7 heteroatoms. The van der Waals surface area contributed by atoms with Gasteiger partial charge in [-0.3, -0.25) is 13.9 Å². The maximum absolute atomic E-state index is 12.0. The Labute approximate surface area is 96.3 Å². The van der Waals surface area contributed by atoms with E-state index < -0.39 is 5.56 Å². The number of H-pyrrole nitrogens is 1. The zero-order valence-electron chi connectivity index (χ0n) is 9.73. The van der Waals surface area contributed by atoms with Gasteiger partial charge in [0.25, 0.3) is 5.56 Å². The van der Waals surface area contributed by atoms with E-state index in [1.54, 1.807) is 13.8 Å². The summed E-state index contributed by atoms with van der Waals surface area (Å²) < 4.78 is 2.56. The molecule has 0 saturated carbocycles. The maximum atomic E-state index is 12.0. The third-order valence-electron chi connectivity index (χ3n) is 2.69. The van der Waals surface area contributed by atoms with Crippen molar-refractivity contribution in [2.45, 2.75) is 33.5 Å². The number of hydrogen-bond donors (Lipinski definition) is 2. The quantitative estimate of drug-likeness (QED) is 0.748. The van der Waals surface area contributed by atoms with Gasteiger partial charge in [0.2, 0.25) is 0 Å². The van der Waals surface area contributed by atoms with Crippen molar-refractivity contribution < 1.29 is 5.11 Å². The Morgan fingerprint density at radius 3 is 2.41 bits per heavy atom. The van der Waals surface area contributed by atoms with Crippen molar-refractivity contribution in [1.82, 2.24) is 19.1 Å². The van der Waals surface area contributed by atoms with Gasteiger partial charge in [0, 0.05) is 13.1 Å². The van der Waals surface area contributed by atoms with Crippen LogP contribution in [-0.4, -0.2) is 24.2 Å². The van der Waals surface area contributed by atoms with Crippen LogP contribution in [0, 0.1) is 0 Å². The molecule has 2 aromatic heterocycles. The van der Waals surface area contributed by atoms with Crippen molar-refractivity contribution >= 4 is 11.2 Å². The summed E-state index contributed by atoms with van der Waals surface area (Å²) in [6, 6.07) is 0. The third-order valence-corrected chi connectivity index (χ3v) is 2.69. The van der Waals surface area contributed by atoms with E-state index in [1.807, 2.05) is 0 Å². The molecule has 7 nitrogen and oxygen atoms in total. The van der Waals surface area contributed by atoms with Crippen LogP contribution in [0.5, 0.6) is 0 Å². The molecule has 0 unspecified atom stereocenters. The lowest BCUT2D eigenvalue weighted by atomic mass is 10.5. The van der Waals surface area contributed by atoms with Gasteiger partial charge in [-0.2, -0.15) is 0 Å². The van der Waals surface area contributed by atoms with E-state index in [9.17, 15) is 9.59 Å². The predicted molar refractivity (Wildman–Crippen MR) is 61.9 cm³/mol. The molecule has 2 N–H and O–H groups in total. The summed E-state index contributed by atoms with van der Waals surface area (Å²) >= 11 is 0. The van der Waals surface area contributed by atoms with Crippen LogP contribution >= 0.6 is 0 Å². The normalized spacial score (nSPS) is 11.2. The Morgan fingerprint density at radius 2 is 1.88 bits per heavy atom. The molecule has 0 aliphatic carbocycles. The van der Waals surface area contributed by atoms with Gasteiger partial charge in [-0.05, 0) is 13.8 Å². The second-order valence-electron chi connectivity index (χ2n) is 3.62. The number of hydrogen-bond acceptors (Lipinski definition) is 4. The van der Waals surface area contributed by atoms with Gasteiger partial charge < -0.3 is 10.1 Å². The minimum absolute atomic E-state index is 0.261. The average molecular weight is 238 g/mol. The summed E-state index contributed by atoms with van der Waals surface area (Å²) in [6.07, 6.45) is 0. The molecular formula is C10H14N4O3. The maximum Gasteiger partial charge on any atom is 0.332 e. The molecule has 2 heterocycles. The van der Waals surface area contributed by atoms with E-state index >= 15 is 0 Å². The van der Waals surface area contributed by atoms with Crippen LogP contribution in [0.2, 0.25) is 0 Å². The fraction of sp³-hybridized carbons (Fsp3) is 0.500. The van der Waals surface area contributed by atoms with Crippen molar-refractivity contribution in [3.63, 3.8) is 0 Å². The topological polar surface area (TPSA) is 92.9 Å². The lowest BCUT2D eigenvalue weighted by Crippen LogP contribution is -2.39. The Bertz CT molecular complexity index is 664. The monoisotopic (exact) mass is 238 g/mol. The summed E-state index contributed by atoms with van der Waals surface area (Å²) in [4.78, 5) is 30.7. The van der Waals surface area contributed by atoms with Crippen molar-refractivity contribution in [2.75, 3.05) is 0 Å². The Morgan fingerprint density at radius 1 is 1.24 bits per heavy atom. The molecule has 0 atom stereocenters. The number of aromatic nitrogens is 4. The molecule has 0 aliphatic rings. The lowest BCUT2D eigenvalue weighted by molar-refractivity contribution is 0.273. The highest BCUT2D eigenvalue weighted by atomic mass is 16.3. The van der Waals surface area contributed by atoms with Crippen LogP contribution in [-0.2, 0) is 19.7 Å².